The number of hydrogen-bond acceptors (Lipinski definition) is 5. The molecule has 2 aromatic rings. The molecule has 0 aliphatic carbocycles. The third-order valence-electron chi connectivity index (χ3n) is 6.04. The molecule has 0 aromatic heterocycles. The van der Waals surface area contributed by atoms with Crippen molar-refractivity contribution < 1.29 is 27.4 Å². The lowest BCUT2D eigenvalue weighted by atomic mass is 9.99. The number of ether oxygens (including phenoxy) is 2. The average molecular weight is 490 g/mol. The van der Waals surface area contributed by atoms with Crippen molar-refractivity contribution in [3.8, 4) is 11.8 Å². The highest BCUT2D eigenvalue weighted by atomic mass is 32.1. The molecule has 0 radical (unpaired) electrons. The number of nitrogens with zero attached hydrogens (tertiary/aromatic N) is 3. The van der Waals surface area contributed by atoms with E-state index in [1.807, 2.05) is 12.1 Å². The zero-order chi connectivity index (χ0) is 24.8. The van der Waals surface area contributed by atoms with E-state index in [2.05, 4.69) is 0 Å². The number of thiocarbonyl (C=S) groups is 1. The molecular formula is C24H22F3N3O3S. The summed E-state index contributed by atoms with van der Waals surface area (Å²) in [5.41, 5.74) is -1.23. The first-order valence-electron chi connectivity index (χ1n) is 10.6. The largest absolute Gasteiger partial charge is 0.488 e. The molecule has 0 spiro atoms. The lowest BCUT2D eigenvalue weighted by Gasteiger charge is -2.31. The van der Waals surface area contributed by atoms with Crippen molar-refractivity contribution >= 4 is 34.6 Å². The van der Waals surface area contributed by atoms with Crippen LogP contribution in [0.1, 0.15) is 37.0 Å². The van der Waals surface area contributed by atoms with Gasteiger partial charge < -0.3 is 14.4 Å². The number of fused-ring (bicyclic) bond motifs is 1. The summed E-state index contributed by atoms with van der Waals surface area (Å²) in [5.74, 6) is 0.259. The summed E-state index contributed by atoms with van der Waals surface area (Å²) in [4.78, 5) is 16.1. The summed E-state index contributed by atoms with van der Waals surface area (Å²) in [6, 6.07) is 10.2. The first-order valence-corrected chi connectivity index (χ1v) is 11.0. The van der Waals surface area contributed by atoms with Crippen LogP contribution >= 0.6 is 12.2 Å². The van der Waals surface area contributed by atoms with E-state index < -0.39 is 28.7 Å². The van der Waals surface area contributed by atoms with Crippen molar-refractivity contribution in [3.63, 3.8) is 0 Å². The standard InChI is InChI=1S/C24H22F3N3O3S/c1-23(2)21(31)29(16-6-4-15(12-28)19(11-16)24(25,26)27)22(34)30(23)17-7-9-20-14(10-17)5-8-18(33-20)13-32-3/h4,6-7,9-11,18H,5,8,13H2,1-3H3/t18-/m0/s1. The van der Waals surface area contributed by atoms with Crippen LogP contribution in [0.15, 0.2) is 36.4 Å². The fourth-order valence-corrected chi connectivity index (χ4v) is 4.85. The molecule has 178 valence electrons. The number of carbonyl (C=O) groups is 1. The minimum Gasteiger partial charge on any atom is -0.488 e. The number of hydrogen-bond donors (Lipinski definition) is 0. The highest BCUT2D eigenvalue weighted by Crippen LogP contribution is 2.41. The van der Waals surface area contributed by atoms with Gasteiger partial charge in [0, 0.05) is 12.8 Å². The van der Waals surface area contributed by atoms with E-state index in [0.29, 0.717) is 12.3 Å². The summed E-state index contributed by atoms with van der Waals surface area (Å²) in [7, 11) is 1.62. The Morgan fingerprint density at radius 1 is 1.24 bits per heavy atom. The van der Waals surface area contributed by atoms with Gasteiger partial charge in [0.25, 0.3) is 5.91 Å². The zero-order valence-corrected chi connectivity index (χ0v) is 19.6. The lowest BCUT2D eigenvalue weighted by Crippen LogP contribution is -2.44. The van der Waals surface area contributed by atoms with E-state index in [9.17, 15) is 18.0 Å². The van der Waals surface area contributed by atoms with Gasteiger partial charge in [-0.1, -0.05) is 0 Å². The smallest absolute Gasteiger partial charge is 0.417 e. The number of benzene rings is 2. The van der Waals surface area contributed by atoms with Crippen LogP contribution in [0, 0.1) is 11.3 Å². The Kier molecular flexibility index (Phi) is 6.04. The summed E-state index contributed by atoms with van der Waals surface area (Å²) in [6.07, 6.45) is -3.27. The first kappa shape index (κ1) is 24.0. The predicted octanol–water partition coefficient (Wildman–Crippen LogP) is 4.83. The molecule has 2 aliphatic heterocycles. The van der Waals surface area contributed by atoms with Crippen molar-refractivity contribution in [2.75, 3.05) is 23.5 Å². The van der Waals surface area contributed by atoms with Crippen molar-refractivity contribution in [2.45, 2.75) is 44.5 Å². The van der Waals surface area contributed by atoms with Gasteiger partial charge in [0.15, 0.2) is 5.11 Å². The van der Waals surface area contributed by atoms with Crippen molar-refractivity contribution in [1.29, 1.82) is 5.26 Å². The second-order valence-electron chi connectivity index (χ2n) is 8.68. The number of alkyl halides is 3. The maximum Gasteiger partial charge on any atom is 0.417 e. The Bertz CT molecular complexity index is 1210. The molecule has 2 heterocycles. The topological polar surface area (TPSA) is 65.8 Å². The van der Waals surface area contributed by atoms with E-state index in [4.69, 9.17) is 27.0 Å². The second-order valence-corrected chi connectivity index (χ2v) is 9.05. The van der Waals surface area contributed by atoms with Crippen molar-refractivity contribution in [3.05, 3.63) is 53.1 Å². The Hall–Kier alpha value is -3.16. The Balaban J connectivity index is 1.71. The zero-order valence-electron chi connectivity index (χ0n) is 18.8. The van der Waals surface area contributed by atoms with Gasteiger partial charge in [-0.2, -0.15) is 18.4 Å². The first-order chi connectivity index (χ1) is 16.0. The molecular weight excluding hydrogens is 467 g/mol. The van der Waals surface area contributed by atoms with Gasteiger partial charge in [-0.3, -0.25) is 9.69 Å². The number of carbonyl (C=O) groups excluding carboxylic acids is 1. The molecule has 0 N–H and O–H groups in total. The van der Waals surface area contributed by atoms with Crippen LogP contribution in [0.4, 0.5) is 24.5 Å². The Morgan fingerprint density at radius 3 is 2.59 bits per heavy atom. The molecule has 34 heavy (non-hydrogen) atoms. The number of amides is 1. The van der Waals surface area contributed by atoms with Gasteiger partial charge in [0.1, 0.15) is 17.4 Å². The number of halogens is 3. The number of nitriles is 1. The molecule has 0 unspecified atom stereocenters. The fraction of sp³-hybridized carbons (Fsp3) is 0.375. The lowest BCUT2D eigenvalue weighted by molar-refractivity contribution is -0.137. The summed E-state index contributed by atoms with van der Waals surface area (Å²) in [5, 5.41) is 9.13. The number of anilines is 2. The van der Waals surface area contributed by atoms with Gasteiger partial charge in [-0.25, -0.2) is 0 Å². The van der Waals surface area contributed by atoms with Gasteiger partial charge in [0.2, 0.25) is 0 Å². The maximum absolute atomic E-state index is 13.5. The molecule has 1 amide bonds. The van der Waals surface area contributed by atoms with Gasteiger partial charge in [-0.05, 0) is 80.9 Å². The normalized spacial score (nSPS) is 19.6. The number of rotatable bonds is 4. The maximum atomic E-state index is 13.5. The Morgan fingerprint density at radius 2 is 1.94 bits per heavy atom. The van der Waals surface area contributed by atoms with E-state index in [1.165, 1.54) is 6.07 Å². The minimum atomic E-state index is -4.75. The van der Waals surface area contributed by atoms with Crippen molar-refractivity contribution in [1.82, 2.24) is 0 Å². The van der Waals surface area contributed by atoms with E-state index in [0.717, 1.165) is 41.2 Å². The molecule has 6 nitrogen and oxygen atoms in total. The quantitative estimate of drug-likeness (QED) is 0.573. The molecule has 10 heteroatoms. The SMILES string of the molecule is COC[C@@H]1CCc2cc(N3C(=S)N(c4ccc(C#N)c(C(F)(F)F)c4)C(=O)C3(C)C)ccc2O1. The van der Waals surface area contributed by atoms with Crippen LogP contribution in [-0.4, -0.2) is 36.4 Å². The highest BCUT2D eigenvalue weighted by Gasteiger charge is 2.51. The van der Waals surface area contributed by atoms with E-state index >= 15 is 0 Å². The summed E-state index contributed by atoms with van der Waals surface area (Å²) >= 11 is 5.59. The van der Waals surface area contributed by atoms with Crippen LogP contribution in [0.3, 0.4) is 0 Å². The molecule has 4 rings (SSSR count). The molecule has 1 atom stereocenters. The average Bonchev–Trinajstić information content (AvgIpc) is 2.96. The van der Waals surface area contributed by atoms with Crippen LogP contribution < -0.4 is 14.5 Å². The number of aryl methyl sites for hydroxylation is 1. The molecule has 1 fully saturated rings. The van der Waals surface area contributed by atoms with Gasteiger partial charge in [0.05, 0.1) is 29.5 Å². The van der Waals surface area contributed by atoms with Crippen LogP contribution in [0.25, 0.3) is 0 Å². The van der Waals surface area contributed by atoms with Gasteiger partial charge in [-0.15, -0.1) is 0 Å². The molecule has 0 bridgehead atoms. The molecule has 0 saturated carbocycles. The van der Waals surface area contributed by atoms with Crippen LogP contribution in [0.2, 0.25) is 0 Å². The third kappa shape index (κ3) is 3.99. The van der Waals surface area contributed by atoms with E-state index in [1.54, 1.807) is 38.0 Å². The minimum absolute atomic E-state index is 0.0380. The number of methoxy groups -OCH3 is 1. The van der Waals surface area contributed by atoms with Crippen LogP contribution in [-0.2, 0) is 22.1 Å². The summed E-state index contributed by atoms with van der Waals surface area (Å²) < 4.78 is 51.7. The molecule has 1 saturated heterocycles. The fourth-order valence-electron chi connectivity index (χ4n) is 4.33. The van der Waals surface area contributed by atoms with Crippen molar-refractivity contribution in [2.24, 2.45) is 0 Å². The second kappa shape index (κ2) is 8.56. The predicted molar refractivity (Wildman–Crippen MR) is 124 cm³/mol. The van der Waals surface area contributed by atoms with Gasteiger partial charge >= 0.3 is 6.18 Å². The summed E-state index contributed by atoms with van der Waals surface area (Å²) in [6.45, 7) is 3.82. The molecule has 2 aliphatic rings. The van der Waals surface area contributed by atoms with E-state index in [-0.39, 0.29) is 16.9 Å². The third-order valence-corrected chi connectivity index (χ3v) is 6.40. The van der Waals surface area contributed by atoms with Crippen LogP contribution in [0.5, 0.6) is 5.75 Å². The monoisotopic (exact) mass is 489 g/mol. The highest BCUT2D eigenvalue weighted by molar-refractivity contribution is 7.81. The Labute approximate surface area is 200 Å². The molecule has 2 aromatic carbocycles.